The molecule has 4 atom stereocenters. The van der Waals surface area contributed by atoms with Crippen LogP contribution in [0.4, 0.5) is 4.79 Å². The monoisotopic (exact) mass is 300 g/mol. The molecule has 1 aliphatic rings. The van der Waals surface area contributed by atoms with Crippen molar-refractivity contribution in [2.75, 3.05) is 0 Å². The summed E-state index contributed by atoms with van der Waals surface area (Å²) in [5.74, 6) is -1.12. The van der Waals surface area contributed by atoms with Crippen molar-refractivity contribution in [1.82, 2.24) is 10.6 Å². The quantitative estimate of drug-likeness (QED) is 0.577. The molecule has 0 saturated heterocycles. The second-order valence-corrected chi connectivity index (χ2v) is 6.15. The Morgan fingerprint density at radius 3 is 2.48 bits per heavy atom. The van der Waals surface area contributed by atoms with Crippen LogP contribution in [-0.2, 0) is 4.79 Å². The van der Waals surface area contributed by atoms with Gasteiger partial charge in [0.25, 0.3) is 0 Å². The fourth-order valence-corrected chi connectivity index (χ4v) is 2.64. The van der Waals surface area contributed by atoms with E-state index in [2.05, 4.69) is 10.6 Å². The summed E-state index contributed by atoms with van der Waals surface area (Å²) in [5, 5.41) is 24.3. The highest BCUT2D eigenvalue weighted by Crippen LogP contribution is 2.18. The highest BCUT2D eigenvalue weighted by atomic mass is 16.4. The molecule has 0 aromatic heterocycles. The van der Waals surface area contributed by atoms with Crippen molar-refractivity contribution < 1.29 is 19.8 Å². The van der Waals surface area contributed by atoms with Gasteiger partial charge in [-0.25, -0.2) is 4.79 Å². The number of hydrogen-bond acceptors (Lipinski definition) is 3. The van der Waals surface area contributed by atoms with Gasteiger partial charge in [-0.1, -0.05) is 26.2 Å². The summed E-state index contributed by atoms with van der Waals surface area (Å²) >= 11 is 0. The molecule has 4 N–H and O–H groups in total. The van der Waals surface area contributed by atoms with Gasteiger partial charge in [-0.15, -0.1) is 0 Å². The Hall–Kier alpha value is -1.30. The smallest absolute Gasteiger partial charge is 0.315 e. The Morgan fingerprint density at radius 2 is 1.86 bits per heavy atom. The van der Waals surface area contributed by atoms with Gasteiger partial charge >= 0.3 is 12.0 Å². The number of hydrogen-bond donors (Lipinski definition) is 4. The molecule has 0 heterocycles. The van der Waals surface area contributed by atoms with Crippen LogP contribution in [0.5, 0.6) is 0 Å². The van der Waals surface area contributed by atoms with E-state index in [1.54, 1.807) is 6.92 Å². The second-order valence-electron chi connectivity index (χ2n) is 6.15. The molecular weight excluding hydrogens is 272 g/mol. The van der Waals surface area contributed by atoms with Crippen molar-refractivity contribution in [3.05, 3.63) is 0 Å². The van der Waals surface area contributed by atoms with Gasteiger partial charge in [0.05, 0.1) is 18.1 Å². The molecule has 0 aromatic rings. The number of rotatable bonds is 7. The molecule has 1 aliphatic carbocycles. The first-order valence-corrected chi connectivity index (χ1v) is 7.88. The zero-order chi connectivity index (χ0) is 15.8. The molecule has 4 unspecified atom stereocenters. The SMILES string of the molecule is CC(CCCC(C)C(=O)O)NC(=O)NC1CCCCC1O. The van der Waals surface area contributed by atoms with Crippen molar-refractivity contribution in [2.45, 2.75) is 77.0 Å². The van der Waals surface area contributed by atoms with Gasteiger partial charge in [-0.05, 0) is 32.6 Å². The third-order valence-electron chi connectivity index (χ3n) is 4.12. The van der Waals surface area contributed by atoms with E-state index in [9.17, 15) is 14.7 Å². The van der Waals surface area contributed by atoms with Crippen LogP contribution in [0.3, 0.4) is 0 Å². The van der Waals surface area contributed by atoms with Gasteiger partial charge in [-0.2, -0.15) is 0 Å². The molecule has 0 radical (unpaired) electrons. The molecule has 6 nitrogen and oxygen atoms in total. The van der Waals surface area contributed by atoms with E-state index in [1.165, 1.54) is 0 Å². The predicted molar refractivity (Wildman–Crippen MR) is 80.0 cm³/mol. The predicted octanol–water partition coefficient (Wildman–Crippen LogP) is 1.87. The zero-order valence-electron chi connectivity index (χ0n) is 13.0. The van der Waals surface area contributed by atoms with Crippen molar-refractivity contribution in [3.63, 3.8) is 0 Å². The Bertz CT molecular complexity index is 349. The summed E-state index contributed by atoms with van der Waals surface area (Å²) < 4.78 is 0. The molecule has 0 bridgehead atoms. The maximum Gasteiger partial charge on any atom is 0.315 e. The van der Waals surface area contributed by atoms with Gasteiger partial charge in [-0.3, -0.25) is 4.79 Å². The van der Waals surface area contributed by atoms with Gasteiger partial charge in [0.15, 0.2) is 0 Å². The third-order valence-corrected chi connectivity index (χ3v) is 4.12. The number of aliphatic hydroxyl groups excluding tert-OH is 1. The highest BCUT2D eigenvalue weighted by Gasteiger charge is 2.24. The van der Waals surface area contributed by atoms with Crippen LogP contribution in [0.2, 0.25) is 0 Å². The molecule has 21 heavy (non-hydrogen) atoms. The Morgan fingerprint density at radius 1 is 1.19 bits per heavy atom. The summed E-state index contributed by atoms with van der Waals surface area (Å²) in [5.41, 5.74) is 0. The maximum atomic E-state index is 11.8. The molecule has 0 aromatic carbocycles. The standard InChI is InChI=1S/C15H28N2O4/c1-10(14(19)20)6-5-7-11(2)16-15(21)17-12-8-3-4-9-13(12)18/h10-13,18H,3-9H2,1-2H3,(H,19,20)(H2,16,17,21). The number of urea groups is 1. The van der Waals surface area contributed by atoms with E-state index in [0.717, 1.165) is 38.5 Å². The van der Waals surface area contributed by atoms with Crippen LogP contribution in [0, 0.1) is 5.92 Å². The summed E-state index contributed by atoms with van der Waals surface area (Å²) in [6, 6.07) is -0.413. The fourth-order valence-electron chi connectivity index (χ4n) is 2.64. The number of carboxylic acids is 1. The molecule has 1 rings (SSSR count). The van der Waals surface area contributed by atoms with Crippen LogP contribution < -0.4 is 10.6 Å². The lowest BCUT2D eigenvalue weighted by Crippen LogP contribution is -2.50. The van der Waals surface area contributed by atoms with E-state index in [-0.39, 0.29) is 24.0 Å². The maximum absolute atomic E-state index is 11.8. The first kappa shape index (κ1) is 17.8. The average molecular weight is 300 g/mol. The molecule has 122 valence electrons. The van der Waals surface area contributed by atoms with Crippen molar-refractivity contribution >= 4 is 12.0 Å². The van der Waals surface area contributed by atoms with Gasteiger partial charge in [0.1, 0.15) is 0 Å². The highest BCUT2D eigenvalue weighted by molar-refractivity contribution is 5.74. The van der Waals surface area contributed by atoms with Crippen LogP contribution in [-0.4, -0.2) is 40.4 Å². The van der Waals surface area contributed by atoms with Crippen molar-refractivity contribution in [2.24, 2.45) is 5.92 Å². The largest absolute Gasteiger partial charge is 0.481 e. The molecule has 6 heteroatoms. The summed E-state index contributed by atoms with van der Waals surface area (Å²) in [7, 11) is 0. The van der Waals surface area contributed by atoms with Crippen LogP contribution in [0.1, 0.15) is 58.8 Å². The van der Waals surface area contributed by atoms with Gasteiger partial charge in [0, 0.05) is 6.04 Å². The molecule has 0 spiro atoms. The molecular formula is C15H28N2O4. The average Bonchev–Trinajstić information content (AvgIpc) is 2.41. The molecule has 0 aliphatic heterocycles. The van der Waals surface area contributed by atoms with E-state index in [4.69, 9.17) is 5.11 Å². The fraction of sp³-hybridized carbons (Fsp3) is 0.867. The Kier molecular flexibility index (Phi) is 7.50. The number of carboxylic acid groups (broad SMARTS) is 1. The lowest BCUT2D eigenvalue weighted by molar-refractivity contribution is -0.141. The summed E-state index contributed by atoms with van der Waals surface area (Å²) in [6.45, 7) is 3.60. The lowest BCUT2D eigenvalue weighted by Gasteiger charge is -2.29. The zero-order valence-corrected chi connectivity index (χ0v) is 13.0. The first-order valence-electron chi connectivity index (χ1n) is 7.88. The lowest BCUT2D eigenvalue weighted by atomic mass is 9.93. The number of aliphatic carboxylic acids is 1. The number of amides is 2. The topological polar surface area (TPSA) is 98.7 Å². The van der Waals surface area contributed by atoms with E-state index in [0.29, 0.717) is 6.42 Å². The van der Waals surface area contributed by atoms with Crippen molar-refractivity contribution in [1.29, 1.82) is 0 Å². The van der Waals surface area contributed by atoms with Crippen LogP contribution in [0.25, 0.3) is 0 Å². The Labute approximate surface area is 126 Å². The minimum atomic E-state index is -0.778. The summed E-state index contributed by atoms with van der Waals surface area (Å²) in [6.07, 6.45) is 5.29. The number of carbonyl (C=O) groups is 2. The van der Waals surface area contributed by atoms with E-state index >= 15 is 0 Å². The van der Waals surface area contributed by atoms with Crippen LogP contribution in [0.15, 0.2) is 0 Å². The molecule has 1 saturated carbocycles. The molecule has 1 fully saturated rings. The summed E-state index contributed by atoms with van der Waals surface area (Å²) in [4.78, 5) is 22.5. The van der Waals surface area contributed by atoms with E-state index in [1.807, 2.05) is 6.92 Å². The van der Waals surface area contributed by atoms with Crippen molar-refractivity contribution in [3.8, 4) is 0 Å². The third kappa shape index (κ3) is 6.80. The minimum Gasteiger partial charge on any atom is -0.481 e. The number of aliphatic hydroxyl groups is 1. The van der Waals surface area contributed by atoms with Crippen LogP contribution >= 0.6 is 0 Å². The second kappa shape index (κ2) is 8.87. The minimum absolute atomic E-state index is 0.00766. The van der Waals surface area contributed by atoms with Gasteiger partial charge in [0.2, 0.25) is 0 Å². The molecule has 2 amide bonds. The first-order chi connectivity index (χ1) is 9.90. The van der Waals surface area contributed by atoms with E-state index < -0.39 is 12.1 Å². The van der Waals surface area contributed by atoms with Gasteiger partial charge < -0.3 is 20.8 Å². The number of nitrogens with one attached hydrogen (secondary N) is 2. The Balaban J connectivity index is 2.19. The number of carbonyl (C=O) groups excluding carboxylic acids is 1. The normalized spacial score (nSPS) is 24.9.